The fraction of sp³-hybridized carbons (Fsp3) is 0.333. The lowest BCUT2D eigenvalue weighted by atomic mass is 10.0. The Morgan fingerprint density at radius 3 is 2.54 bits per heavy atom. The van der Waals surface area contributed by atoms with Gasteiger partial charge < -0.3 is 15.9 Å². The number of para-hydroxylation sites is 1. The number of nitrogens with two attached hydrogens (primary N) is 1. The molecule has 0 aliphatic carbocycles. The van der Waals surface area contributed by atoms with Crippen LogP contribution in [0.3, 0.4) is 0 Å². The van der Waals surface area contributed by atoms with Gasteiger partial charge in [-0.25, -0.2) is 0 Å². The van der Waals surface area contributed by atoms with Crippen LogP contribution in [0.1, 0.15) is 24.9 Å². The van der Waals surface area contributed by atoms with Crippen LogP contribution in [-0.2, 0) is 0 Å². The van der Waals surface area contributed by atoms with Crippen molar-refractivity contribution in [1.82, 2.24) is 0 Å². The zero-order valence-electron chi connectivity index (χ0n) is 7.40. The lowest BCUT2D eigenvalue weighted by Gasteiger charge is -2.11. The minimum atomic E-state index is -0.211. The Morgan fingerprint density at radius 1 is 1.38 bits per heavy atom. The average molecular weight is 204 g/mol. The number of aromatic hydroxyl groups is 2. The van der Waals surface area contributed by atoms with E-state index in [9.17, 15) is 5.11 Å². The van der Waals surface area contributed by atoms with Gasteiger partial charge in [-0.2, -0.15) is 0 Å². The van der Waals surface area contributed by atoms with Crippen molar-refractivity contribution in [3.05, 3.63) is 23.8 Å². The molecule has 0 aromatic heterocycles. The number of phenolic OH excluding ortho intramolecular Hbond substituents is 2. The van der Waals surface area contributed by atoms with Crippen molar-refractivity contribution >= 4 is 12.4 Å². The molecule has 0 radical (unpaired) electrons. The maximum absolute atomic E-state index is 9.37. The van der Waals surface area contributed by atoms with Gasteiger partial charge in [0.25, 0.3) is 0 Å². The quantitative estimate of drug-likeness (QED) is 0.644. The van der Waals surface area contributed by atoms with E-state index in [1.165, 1.54) is 6.07 Å². The number of hydrogen-bond acceptors (Lipinski definition) is 3. The van der Waals surface area contributed by atoms with E-state index < -0.39 is 0 Å². The smallest absolute Gasteiger partial charge is 0.162 e. The summed E-state index contributed by atoms with van der Waals surface area (Å²) >= 11 is 0. The normalized spacial score (nSPS) is 11.8. The van der Waals surface area contributed by atoms with Crippen LogP contribution in [0.2, 0.25) is 0 Å². The van der Waals surface area contributed by atoms with Gasteiger partial charge in [0.1, 0.15) is 0 Å². The van der Waals surface area contributed by atoms with E-state index in [-0.39, 0.29) is 29.9 Å². The van der Waals surface area contributed by atoms with Crippen LogP contribution >= 0.6 is 12.4 Å². The van der Waals surface area contributed by atoms with Gasteiger partial charge in [0, 0.05) is 11.6 Å². The molecule has 1 aromatic carbocycles. The van der Waals surface area contributed by atoms with Crippen molar-refractivity contribution in [3.63, 3.8) is 0 Å². The Morgan fingerprint density at radius 2 is 2.00 bits per heavy atom. The molecule has 0 unspecified atom stereocenters. The Bertz CT molecular complexity index is 278. The molecule has 0 heterocycles. The monoisotopic (exact) mass is 203 g/mol. The van der Waals surface area contributed by atoms with Crippen molar-refractivity contribution in [2.75, 3.05) is 0 Å². The number of benzene rings is 1. The third kappa shape index (κ3) is 2.50. The summed E-state index contributed by atoms with van der Waals surface area (Å²) in [7, 11) is 0. The molecule has 13 heavy (non-hydrogen) atoms. The van der Waals surface area contributed by atoms with E-state index in [0.29, 0.717) is 5.56 Å². The van der Waals surface area contributed by atoms with Crippen LogP contribution in [0.25, 0.3) is 0 Å². The molecule has 0 bridgehead atoms. The van der Waals surface area contributed by atoms with Gasteiger partial charge in [0.2, 0.25) is 0 Å². The molecule has 0 aliphatic heterocycles. The minimum absolute atomic E-state index is 0. The molecule has 1 atom stereocenters. The fourth-order valence-electron chi connectivity index (χ4n) is 1.07. The van der Waals surface area contributed by atoms with Crippen molar-refractivity contribution in [3.8, 4) is 11.5 Å². The van der Waals surface area contributed by atoms with Gasteiger partial charge in [-0.05, 0) is 12.5 Å². The number of hydrogen-bond donors (Lipinski definition) is 3. The van der Waals surface area contributed by atoms with Crippen molar-refractivity contribution in [2.45, 2.75) is 19.4 Å². The predicted octanol–water partition coefficient (Wildman–Crippen LogP) is 1.93. The SMILES string of the molecule is CC[C@H](N)c1cccc(O)c1O.Cl. The van der Waals surface area contributed by atoms with Crippen LogP contribution in [0, 0.1) is 0 Å². The van der Waals surface area contributed by atoms with Gasteiger partial charge in [-0.15, -0.1) is 12.4 Å². The summed E-state index contributed by atoms with van der Waals surface area (Å²) in [5.74, 6) is -0.219. The number of halogens is 1. The third-order valence-electron chi connectivity index (χ3n) is 1.89. The lowest BCUT2D eigenvalue weighted by molar-refractivity contribution is 0.395. The molecule has 0 aliphatic rings. The van der Waals surface area contributed by atoms with E-state index in [1.54, 1.807) is 12.1 Å². The molecule has 4 heteroatoms. The minimum Gasteiger partial charge on any atom is -0.504 e. The first-order valence-corrected chi connectivity index (χ1v) is 3.93. The van der Waals surface area contributed by atoms with Gasteiger partial charge in [-0.1, -0.05) is 19.1 Å². The summed E-state index contributed by atoms with van der Waals surface area (Å²) in [5.41, 5.74) is 6.29. The highest BCUT2D eigenvalue weighted by Gasteiger charge is 2.10. The van der Waals surface area contributed by atoms with Crippen molar-refractivity contribution in [2.24, 2.45) is 5.73 Å². The molecule has 74 valence electrons. The van der Waals surface area contributed by atoms with E-state index in [4.69, 9.17) is 10.8 Å². The van der Waals surface area contributed by atoms with E-state index in [1.807, 2.05) is 6.92 Å². The number of phenols is 2. The van der Waals surface area contributed by atoms with Gasteiger partial charge >= 0.3 is 0 Å². The molecular weight excluding hydrogens is 190 g/mol. The fourth-order valence-corrected chi connectivity index (χ4v) is 1.07. The molecule has 0 saturated carbocycles. The zero-order chi connectivity index (χ0) is 9.14. The Hall–Kier alpha value is -0.930. The first-order chi connectivity index (χ1) is 5.66. The van der Waals surface area contributed by atoms with E-state index >= 15 is 0 Å². The molecule has 1 aromatic rings. The molecule has 3 nitrogen and oxygen atoms in total. The molecule has 0 spiro atoms. The maximum atomic E-state index is 9.37. The summed E-state index contributed by atoms with van der Waals surface area (Å²) < 4.78 is 0. The van der Waals surface area contributed by atoms with Gasteiger partial charge in [-0.3, -0.25) is 0 Å². The number of rotatable bonds is 2. The average Bonchev–Trinajstić information content (AvgIpc) is 2.08. The summed E-state index contributed by atoms with van der Waals surface area (Å²) in [6.07, 6.45) is 0.733. The van der Waals surface area contributed by atoms with E-state index in [0.717, 1.165) is 6.42 Å². The highest BCUT2D eigenvalue weighted by molar-refractivity contribution is 5.85. The molecular formula is C9H14ClNO2. The van der Waals surface area contributed by atoms with Crippen LogP contribution < -0.4 is 5.73 Å². The highest BCUT2D eigenvalue weighted by Crippen LogP contribution is 2.32. The second kappa shape index (κ2) is 4.94. The summed E-state index contributed by atoms with van der Waals surface area (Å²) in [5, 5.41) is 18.5. The topological polar surface area (TPSA) is 66.5 Å². The second-order valence-corrected chi connectivity index (χ2v) is 2.73. The molecule has 0 saturated heterocycles. The summed E-state index contributed by atoms with van der Waals surface area (Å²) in [6.45, 7) is 1.92. The highest BCUT2D eigenvalue weighted by atomic mass is 35.5. The first kappa shape index (κ1) is 12.1. The van der Waals surface area contributed by atoms with Crippen molar-refractivity contribution < 1.29 is 10.2 Å². The predicted molar refractivity (Wildman–Crippen MR) is 54.2 cm³/mol. The largest absolute Gasteiger partial charge is 0.504 e. The molecule has 0 fully saturated rings. The lowest BCUT2D eigenvalue weighted by Crippen LogP contribution is -2.08. The Balaban J connectivity index is 0.00000144. The summed E-state index contributed by atoms with van der Waals surface area (Å²) in [6, 6.07) is 4.60. The van der Waals surface area contributed by atoms with Crippen LogP contribution in [0.5, 0.6) is 11.5 Å². The second-order valence-electron chi connectivity index (χ2n) is 2.73. The van der Waals surface area contributed by atoms with Crippen molar-refractivity contribution in [1.29, 1.82) is 0 Å². The zero-order valence-corrected chi connectivity index (χ0v) is 8.21. The molecule has 1 rings (SSSR count). The standard InChI is InChI=1S/C9H13NO2.ClH/c1-2-7(10)6-4-3-5-8(11)9(6)12;/h3-5,7,11-12H,2,10H2,1H3;1H/t7-;/m0./s1. The van der Waals surface area contributed by atoms with E-state index in [2.05, 4.69) is 0 Å². The van der Waals surface area contributed by atoms with Crippen LogP contribution in [0.15, 0.2) is 18.2 Å². The molecule has 0 amide bonds. The maximum Gasteiger partial charge on any atom is 0.162 e. The third-order valence-corrected chi connectivity index (χ3v) is 1.89. The first-order valence-electron chi connectivity index (χ1n) is 3.93. The van der Waals surface area contributed by atoms with Gasteiger partial charge in [0.05, 0.1) is 0 Å². The van der Waals surface area contributed by atoms with Crippen LogP contribution in [-0.4, -0.2) is 10.2 Å². The summed E-state index contributed by atoms with van der Waals surface area (Å²) in [4.78, 5) is 0. The Labute approximate surface area is 83.6 Å². The van der Waals surface area contributed by atoms with Gasteiger partial charge in [0.15, 0.2) is 11.5 Å². The Kier molecular flexibility index (Phi) is 4.59. The molecule has 4 N–H and O–H groups in total. The van der Waals surface area contributed by atoms with Crippen LogP contribution in [0.4, 0.5) is 0 Å².